The van der Waals surface area contributed by atoms with E-state index in [-0.39, 0.29) is 24.2 Å². The monoisotopic (exact) mass is 506 g/mol. The standard InChI is InChI=1S/C26H31FN8O2/c1-33-13-20(11-32-33)18-4-2-17(3-5-18)12-35(21-6-7-21)26-24(27)25(30-16-31-26)29-10-19-8-9-34(14-22(19)36)15-23(28)37/h2-5,10-11,13,16,21-22,36H,6-9,12,14-15H2,1H3,(H2,28,37)(H,29,30,31)/b19-10-/t22-/m0/s1. The predicted molar refractivity (Wildman–Crippen MR) is 138 cm³/mol. The molecular weight excluding hydrogens is 475 g/mol. The maximum atomic E-state index is 15.6. The van der Waals surface area contributed by atoms with Gasteiger partial charge in [-0.25, -0.2) is 9.97 Å². The number of β-amino-alcohol motifs (C(OH)–C–C–N with tert-alkyl or cyclic N) is 1. The lowest BCUT2D eigenvalue weighted by molar-refractivity contribution is -0.119. The Kier molecular flexibility index (Phi) is 7.15. The van der Waals surface area contributed by atoms with Gasteiger partial charge in [-0.3, -0.25) is 14.4 Å². The topological polar surface area (TPSA) is 125 Å². The number of carbonyl (C=O) groups is 1. The van der Waals surface area contributed by atoms with Crippen molar-refractivity contribution in [1.82, 2.24) is 24.6 Å². The molecule has 3 aromatic rings. The van der Waals surface area contributed by atoms with E-state index in [9.17, 15) is 9.90 Å². The lowest BCUT2D eigenvalue weighted by Gasteiger charge is -2.31. The maximum absolute atomic E-state index is 15.6. The van der Waals surface area contributed by atoms with Crippen LogP contribution in [0.5, 0.6) is 0 Å². The highest BCUT2D eigenvalue weighted by Crippen LogP contribution is 2.35. The summed E-state index contributed by atoms with van der Waals surface area (Å²) in [5, 5.41) is 17.6. The molecule has 0 unspecified atom stereocenters. The number of aliphatic hydroxyl groups excluding tert-OH is 1. The molecule has 2 aliphatic rings. The Labute approximate surface area is 214 Å². The summed E-state index contributed by atoms with van der Waals surface area (Å²) >= 11 is 0. The van der Waals surface area contributed by atoms with E-state index >= 15 is 4.39 Å². The number of piperidine rings is 1. The fraction of sp³-hybridized carbons (Fsp3) is 0.385. The molecule has 0 bridgehead atoms. The van der Waals surface area contributed by atoms with E-state index in [1.54, 1.807) is 15.8 Å². The molecule has 1 amide bonds. The number of aryl methyl sites for hydroxylation is 1. The van der Waals surface area contributed by atoms with Gasteiger partial charge in [0.2, 0.25) is 11.7 Å². The van der Waals surface area contributed by atoms with E-state index in [1.807, 2.05) is 48.6 Å². The van der Waals surface area contributed by atoms with Crippen molar-refractivity contribution >= 4 is 17.5 Å². The van der Waals surface area contributed by atoms with Crippen LogP contribution in [0.15, 0.2) is 54.8 Å². The highest BCUT2D eigenvalue weighted by atomic mass is 19.1. The number of nitrogens with two attached hydrogens (primary N) is 1. The molecular formula is C26H31FN8O2. The van der Waals surface area contributed by atoms with Crippen LogP contribution in [-0.4, -0.2) is 67.4 Å². The molecule has 1 aliphatic heterocycles. The first-order valence-corrected chi connectivity index (χ1v) is 12.4. The first-order valence-electron chi connectivity index (χ1n) is 12.4. The molecule has 11 heteroatoms. The van der Waals surface area contributed by atoms with Crippen LogP contribution >= 0.6 is 0 Å². The van der Waals surface area contributed by atoms with Gasteiger partial charge in [0.15, 0.2) is 11.6 Å². The molecule has 2 fully saturated rings. The molecule has 1 aliphatic carbocycles. The molecule has 4 N–H and O–H groups in total. The summed E-state index contributed by atoms with van der Waals surface area (Å²) in [6.07, 6.45) is 8.47. The zero-order chi connectivity index (χ0) is 25.9. The van der Waals surface area contributed by atoms with Gasteiger partial charge in [0.25, 0.3) is 0 Å². The summed E-state index contributed by atoms with van der Waals surface area (Å²) in [5.41, 5.74) is 9.14. The SMILES string of the molecule is Cn1cc(-c2ccc(CN(c3ncnc(N/C=C4/CCN(CC(N)=O)C[C@@H]4O)c3F)C3CC3)cc2)cn1. The molecule has 0 radical (unpaired) electrons. The van der Waals surface area contributed by atoms with Gasteiger partial charge < -0.3 is 21.1 Å². The largest absolute Gasteiger partial charge is 0.387 e. The fourth-order valence-electron chi connectivity index (χ4n) is 4.59. The van der Waals surface area contributed by atoms with Crippen molar-refractivity contribution in [1.29, 1.82) is 0 Å². The van der Waals surface area contributed by atoms with Crippen molar-refractivity contribution in [3.05, 3.63) is 66.1 Å². The third kappa shape index (κ3) is 5.95. The Balaban J connectivity index is 1.29. The average molecular weight is 507 g/mol. The minimum absolute atomic E-state index is 0.0573. The van der Waals surface area contributed by atoms with Crippen LogP contribution in [0.1, 0.15) is 24.8 Å². The van der Waals surface area contributed by atoms with Gasteiger partial charge in [-0.2, -0.15) is 9.49 Å². The molecule has 37 heavy (non-hydrogen) atoms. The second kappa shape index (κ2) is 10.7. The summed E-state index contributed by atoms with van der Waals surface area (Å²) in [5.74, 6) is -0.648. The van der Waals surface area contributed by atoms with E-state index in [2.05, 4.69) is 20.4 Å². The van der Waals surface area contributed by atoms with Crippen molar-refractivity contribution in [2.45, 2.75) is 38.0 Å². The third-order valence-corrected chi connectivity index (χ3v) is 6.73. The Bertz CT molecular complexity index is 1290. The lowest BCUT2D eigenvalue weighted by Crippen LogP contribution is -2.44. The number of rotatable bonds is 9. The van der Waals surface area contributed by atoms with Gasteiger partial charge in [0, 0.05) is 50.7 Å². The van der Waals surface area contributed by atoms with Crippen molar-refractivity contribution in [3.63, 3.8) is 0 Å². The minimum atomic E-state index is -0.775. The number of carbonyl (C=O) groups excluding carboxylic acids is 1. The smallest absolute Gasteiger partial charge is 0.231 e. The van der Waals surface area contributed by atoms with E-state index in [1.165, 1.54) is 6.33 Å². The molecule has 0 spiro atoms. The number of benzene rings is 1. The molecule has 10 nitrogen and oxygen atoms in total. The first-order chi connectivity index (χ1) is 17.9. The summed E-state index contributed by atoms with van der Waals surface area (Å²) in [7, 11) is 1.89. The van der Waals surface area contributed by atoms with Gasteiger partial charge in [-0.15, -0.1) is 0 Å². The van der Waals surface area contributed by atoms with Gasteiger partial charge in [0.05, 0.1) is 18.8 Å². The van der Waals surface area contributed by atoms with E-state index in [4.69, 9.17) is 5.73 Å². The van der Waals surface area contributed by atoms with Crippen LogP contribution < -0.4 is 16.0 Å². The Morgan fingerprint density at radius 1 is 1.27 bits per heavy atom. The molecule has 1 saturated carbocycles. The summed E-state index contributed by atoms with van der Waals surface area (Å²) in [4.78, 5) is 23.3. The first kappa shape index (κ1) is 24.8. The molecule has 3 heterocycles. The van der Waals surface area contributed by atoms with E-state index in [0.717, 1.165) is 29.5 Å². The maximum Gasteiger partial charge on any atom is 0.231 e. The van der Waals surface area contributed by atoms with E-state index < -0.39 is 17.8 Å². The number of halogens is 1. The molecule has 2 aromatic heterocycles. The summed E-state index contributed by atoms with van der Waals surface area (Å²) in [6, 6.07) is 8.42. The van der Waals surface area contributed by atoms with Crippen LogP contribution in [0, 0.1) is 5.82 Å². The predicted octanol–water partition coefficient (Wildman–Crippen LogP) is 2.03. The number of amides is 1. The number of nitrogens with one attached hydrogen (secondary N) is 1. The zero-order valence-electron chi connectivity index (χ0n) is 20.7. The number of aromatic nitrogens is 4. The van der Waals surface area contributed by atoms with Crippen molar-refractivity contribution < 1.29 is 14.3 Å². The number of primary amides is 1. The number of hydrogen-bond donors (Lipinski definition) is 3. The highest BCUT2D eigenvalue weighted by Gasteiger charge is 2.32. The quantitative estimate of drug-likeness (QED) is 0.403. The van der Waals surface area contributed by atoms with E-state index in [0.29, 0.717) is 31.6 Å². The van der Waals surface area contributed by atoms with Crippen molar-refractivity contribution in [3.8, 4) is 11.1 Å². The Morgan fingerprint density at radius 2 is 2.05 bits per heavy atom. The average Bonchev–Trinajstić information content (AvgIpc) is 3.63. The van der Waals surface area contributed by atoms with Gasteiger partial charge in [-0.1, -0.05) is 24.3 Å². The second-order valence-corrected chi connectivity index (χ2v) is 9.65. The molecule has 194 valence electrons. The molecule has 1 aromatic carbocycles. The number of hydrogen-bond acceptors (Lipinski definition) is 8. The Hall–Kier alpha value is -3.83. The fourth-order valence-corrected chi connectivity index (χ4v) is 4.59. The van der Waals surface area contributed by atoms with Crippen LogP contribution in [-0.2, 0) is 18.4 Å². The normalized spacial score (nSPS) is 19.2. The minimum Gasteiger partial charge on any atom is -0.387 e. The Morgan fingerprint density at radius 3 is 2.70 bits per heavy atom. The van der Waals surface area contributed by atoms with Crippen LogP contribution in [0.25, 0.3) is 11.1 Å². The third-order valence-electron chi connectivity index (χ3n) is 6.73. The number of anilines is 2. The lowest BCUT2D eigenvalue weighted by atomic mass is 10.0. The van der Waals surface area contributed by atoms with Gasteiger partial charge >= 0.3 is 0 Å². The number of aliphatic hydroxyl groups is 1. The molecule has 1 atom stereocenters. The number of nitrogens with zero attached hydrogens (tertiary/aromatic N) is 6. The number of likely N-dealkylation sites (tertiary alicyclic amines) is 1. The summed E-state index contributed by atoms with van der Waals surface area (Å²) in [6.45, 7) is 1.51. The highest BCUT2D eigenvalue weighted by molar-refractivity contribution is 5.76. The van der Waals surface area contributed by atoms with Crippen molar-refractivity contribution in [2.75, 3.05) is 29.9 Å². The van der Waals surface area contributed by atoms with Gasteiger partial charge in [0.1, 0.15) is 6.33 Å². The van der Waals surface area contributed by atoms with Crippen LogP contribution in [0.3, 0.4) is 0 Å². The zero-order valence-corrected chi connectivity index (χ0v) is 20.7. The van der Waals surface area contributed by atoms with Crippen LogP contribution in [0.4, 0.5) is 16.0 Å². The van der Waals surface area contributed by atoms with Crippen LogP contribution in [0.2, 0.25) is 0 Å². The molecule has 1 saturated heterocycles. The summed E-state index contributed by atoms with van der Waals surface area (Å²) < 4.78 is 17.3. The van der Waals surface area contributed by atoms with Gasteiger partial charge in [-0.05, 0) is 36.0 Å². The second-order valence-electron chi connectivity index (χ2n) is 9.65. The van der Waals surface area contributed by atoms with Crippen molar-refractivity contribution in [2.24, 2.45) is 12.8 Å². The molecule has 5 rings (SSSR count).